The molecule has 0 saturated heterocycles. The average Bonchev–Trinajstić information content (AvgIpc) is 2.80. The van der Waals surface area contributed by atoms with Crippen molar-refractivity contribution in [2.24, 2.45) is 0 Å². The van der Waals surface area contributed by atoms with Gasteiger partial charge in [-0.05, 0) is 36.4 Å². The second-order valence-electron chi connectivity index (χ2n) is 7.80. The van der Waals surface area contributed by atoms with Crippen molar-refractivity contribution in [2.75, 3.05) is 0 Å². The molecule has 3 aromatic rings. The first kappa shape index (κ1) is 26.0. The van der Waals surface area contributed by atoms with E-state index in [2.05, 4.69) is 9.97 Å². The van der Waals surface area contributed by atoms with Crippen LogP contribution in [0.2, 0.25) is 10.0 Å². The van der Waals surface area contributed by atoms with E-state index in [0.29, 0.717) is 5.02 Å². The highest BCUT2D eigenvalue weighted by Gasteiger charge is 2.51. The fourth-order valence-electron chi connectivity index (χ4n) is 3.63. The van der Waals surface area contributed by atoms with Gasteiger partial charge in [0.05, 0.1) is 16.5 Å². The van der Waals surface area contributed by atoms with Gasteiger partial charge in [-0.15, -0.1) is 0 Å². The minimum atomic E-state index is -5.16. The van der Waals surface area contributed by atoms with Crippen LogP contribution in [0, 0.1) is 0 Å². The Morgan fingerprint density at radius 3 is 2.11 bits per heavy atom. The zero-order valence-corrected chi connectivity index (χ0v) is 19.8. The average molecular weight is 549 g/mol. The number of nitrogens with one attached hydrogen (secondary N) is 1. The SMILES string of the molecule is O=c1[nH]c(-c2cc(Cl)ccc2OP(=O)(O)O[C@@H]2C(O)C(O)[C@@H](O)[C@@H](O)[C@@H]2O)nc2ccc(Cl)cc12. The molecule has 1 heterocycles. The number of aromatic nitrogens is 2. The molecular formula is C20H19Cl2N2O10P. The van der Waals surface area contributed by atoms with Gasteiger partial charge in [0.15, 0.2) is 0 Å². The number of nitrogens with zero attached hydrogens (tertiary/aromatic N) is 1. The van der Waals surface area contributed by atoms with Gasteiger partial charge >= 0.3 is 7.82 Å². The van der Waals surface area contributed by atoms with Crippen molar-refractivity contribution in [3.8, 4) is 17.1 Å². The molecule has 188 valence electrons. The second kappa shape index (κ2) is 9.75. The summed E-state index contributed by atoms with van der Waals surface area (Å²) < 4.78 is 22.7. The van der Waals surface area contributed by atoms with E-state index < -0.39 is 50.0 Å². The lowest BCUT2D eigenvalue weighted by Gasteiger charge is -2.41. The number of aromatic amines is 1. The van der Waals surface area contributed by atoms with Crippen molar-refractivity contribution in [1.82, 2.24) is 9.97 Å². The summed E-state index contributed by atoms with van der Waals surface area (Å²) in [5.74, 6) is -0.397. The van der Waals surface area contributed by atoms with Gasteiger partial charge in [0.25, 0.3) is 5.56 Å². The number of fused-ring (bicyclic) bond motifs is 1. The number of hydrogen-bond donors (Lipinski definition) is 7. The summed E-state index contributed by atoms with van der Waals surface area (Å²) in [4.78, 5) is 29.7. The lowest BCUT2D eigenvalue weighted by molar-refractivity contribution is -0.219. The minimum absolute atomic E-state index is 0.00967. The molecule has 0 radical (unpaired) electrons. The van der Waals surface area contributed by atoms with Gasteiger partial charge in [0.2, 0.25) is 0 Å². The Hall–Kier alpha value is -2.09. The van der Waals surface area contributed by atoms with Gasteiger partial charge < -0.3 is 35.0 Å². The number of H-pyrrole nitrogens is 1. The van der Waals surface area contributed by atoms with E-state index in [1.807, 2.05) is 0 Å². The standard InChI is InChI=1S/C20H19Cl2N2O10P/c21-7-1-3-11-9(5-7)20(30)24-19(23-11)10-6-8(22)2-4-12(10)33-35(31,32)34-18-16(28)14(26)13(25)15(27)17(18)29/h1-6,13-18,25-29H,(H,31,32)(H,23,24,30)/t13-,14+,15?,16-,17?,18-/m0/s1. The Labute approximate surface area is 206 Å². The van der Waals surface area contributed by atoms with Crippen LogP contribution in [0.4, 0.5) is 0 Å². The minimum Gasteiger partial charge on any atom is -0.403 e. The van der Waals surface area contributed by atoms with Crippen molar-refractivity contribution >= 4 is 41.9 Å². The molecule has 1 aliphatic carbocycles. The number of hydrogen-bond acceptors (Lipinski definition) is 10. The number of aliphatic hydroxyl groups is 5. The number of halogens is 2. The van der Waals surface area contributed by atoms with E-state index in [-0.39, 0.29) is 33.1 Å². The zero-order valence-electron chi connectivity index (χ0n) is 17.4. The molecule has 1 aliphatic rings. The van der Waals surface area contributed by atoms with E-state index in [1.165, 1.54) is 36.4 Å². The molecule has 3 unspecified atom stereocenters. The smallest absolute Gasteiger partial charge is 0.403 e. The monoisotopic (exact) mass is 548 g/mol. The van der Waals surface area contributed by atoms with E-state index in [4.69, 9.17) is 32.2 Å². The number of rotatable bonds is 5. The third kappa shape index (κ3) is 5.23. The Morgan fingerprint density at radius 1 is 0.886 bits per heavy atom. The summed E-state index contributed by atoms with van der Waals surface area (Å²) in [7, 11) is -5.16. The molecule has 1 saturated carbocycles. The van der Waals surface area contributed by atoms with Gasteiger partial charge in [-0.1, -0.05) is 23.2 Å². The number of aliphatic hydroxyl groups excluding tert-OH is 5. The zero-order chi connectivity index (χ0) is 25.7. The predicted octanol–water partition coefficient (Wildman–Crippen LogP) is 0.579. The quantitative estimate of drug-likeness (QED) is 0.220. The third-order valence-electron chi connectivity index (χ3n) is 5.41. The summed E-state index contributed by atoms with van der Waals surface area (Å²) in [5, 5.41) is 50.1. The van der Waals surface area contributed by atoms with Gasteiger partial charge in [0.1, 0.15) is 48.2 Å². The van der Waals surface area contributed by atoms with Crippen molar-refractivity contribution in [3.05, 3.63) is 56.8 Å². The number of phosphoric ester groups is 1. The molecule has 15 heteroatoms. The molecule has 0 amide bonds. The first-order valence-corrected chi connectivity index (χ1v) is 12.2. The largest absolute Gasteiger partial charge is 0.527 e. The van der Waals surface area contributed by atoms with Gasteiger partial charge in [0, 0.05) is 10.0 Å². The number of benzene rings is 2. The van der Waals surface area contributed by atoms with Gasteiger partial charge in [-0.25, -0.2) is 9.55 Å². The molecule has 0 bridgehead atoms. The van der Waals surface area contributed by atoms with Crippen LogP contribution in [-0.2, 0) is 9.09 Å². The Morgan fingerprint density at radius 2 is 1.46 bits per heavy atom. The summed E-state index contributed by atoms with van der Waals surface area (Å²) in [5.41, 5.74) is -0.307. The predicted molar refractivity (Wildman–Crippen MR) is 123 cm³/mol. The van der Waals surface area contributed by atoms with Crippen LogP contribution in [0.1, 0.15) is 0 Å². The maximum absolute atomic E-state index is 12.7. The molecule has 0 aliphatic heterocycles. The van der Waals surface area contributed by atoms with E-state index in [0.717, 1.165) is 0 Å². The lowest BCUT2D eigenvalue weighted by atomic mass is 9.85. The molecule has 2 aromatic carbocycles. The fraction of sp³-hybridized carbons (Fsp3) is 0.300. The Bertz CT molecular complexity index is 1360. The van der Waals surface area contributed by atoms with Crippen molar-refractivity contribution < 1.29 is 44.0 Å². The highest BCUT2D eigenvalue weighted by atomic mass is 35.5. The van der Waals surface area contributed by atoms with E-state index >= 15 is 0 Å². The van der Waals surface area contributed by atoms with Crippen LogP contribution in [0.15, 0.2) is 41.2 Å². The molecular weight excluding hydrogens is 530 g/mol. The van der Waals surface area contributed by atoms with E-state index in [1.54, 1.807) is 0 Å². The van der Waals surface area contributed by atoms with Crippen LogP contribution >= 0.6 is 31.0 Å². The third-order valence-corrected chi connectivity index (χ3v) is 6.81. The lowest BCUT2D eigenvalue weighted by Crippen LogP contribution is -2.64. The van der Waals surface area contributed by atoms with Crippen molar-refractivity contribution in [1.29, 1.82) is 0 Å². The molecule has 7 N–H and O–H groups in total. The number of phosphoric acid groups is 1. The van der Waals surface area contributed by atoms with Crippen molar-refractivity contribution in [2.45, 2.75) is 36.6 Å². The van der Waals surface area contributed by atoms with Crippen LogP contribution in [-0.4, -0.2) is 77.0 Å². The van der Waals surface area contributed by atoms with Crippen LogP contribution in [0.25, 0.3) is 22.3 Å². The topological polar surface area (TPSA) is 203 Å². The van der Waals surface area contributed by atoms with Crippen LogP contribution in [0.5, 0.6) is 5.75 Å². The summed E-state index contributed by atoms with van der Waals surface area (Å²) in [6.45, 7) is 0. The molecule has 0 spiro atoms. The molecule has 7 atom stereocenters. The van der Waals surface area contributed by atoms with Crippen LogP contribution in [0.3, 0.4) is 0 Å². The van der Waals surface area contributed by atoms with Gasteiger partial charge in [-0.2, -0.15) is 0 Å². The van der Waals surface area contributed by atoms with Gasteiger partial charge in [-0.3, -0.25) is 14.2 Å². The highest BCUT2D eigenvalue weighted by molar-refractivity contribution is 7.47. The summed E-state index contributed by atoms with van der Waals surface area (Å²) in [6, 6.07) is 8.23. The highest BCUT2D eigenvalue weighted by Crippen LogP contribution is 2.49. The molecule has 12 nitrogen and oxygen atoms in total. The normalized spacial score (nSPS) is 28.6. The van der Waals surface area contributed by atoms with E-state index in [9.17, 15) is 39.8 Å². The molecule has 1 fully saturated rings. The maximum Gasteiger partial charge on any atom is 0.527 e. The molecule has 4 rings (SSSR count). The molecule has 35 heavy (non-hydrogen) atoms. The summed E-state index contributed by atoms with van der Waals surface area (Å²) in [6.07, 6.45) is -12.0. The Kier molecular flexibility index (Phi) is 7.24. The Balaban J connectivity index is 1.68. The van der Waals surface area contributed by atoms with Crippen molar-refractivity contribution in [3.63, 3.8) is 0 Å². The summed E-state index contributed by atoms with van der Waals surface area (Å²) >= 11 is 12.0. The maximum atomic E-state index is 12.7. The molecule has 1 aromatic heterocycles. The first-order valence-electron chi connectivity index (χ1n) is 9.98. The second-order valence-corrected chi connectivity index (χ2v) is 10.0. The first-order chi connectivity index (χ1) is 16.4. The van der Waals surface area contributed by atoms with Crippen LogP contribution < -0.4 is 10.1 Å². The fourth-order valence-corrected chi connectivity index (χ4v) is 4.98.